The Labute approximate surface area is 216 Å². The van der Waals surface area contributed by atoms with E-state index < -0.39 is 6.10 Å². The van der Waals surface area contributed by atoms with Gasteiger partial charge in [0, 0.05) is 19.3 Å². The minimum atomic E-state index is -0.481. The van der Waals surface area contributed by atoms with Gasteiger partial charge in [0.05, 0.1) is 19.1 Å². The number of fused-ring (bicyclic) bond motifs is 5. The number of aliphatic hydroxyl groups is 1. The van der Waals surface area contributed by atoms with Crippen molar-refractivity contribution in [3.05, 3.63) is 11.6 Å². The second kappa shape index (κ2) is 10.2. The van der Waals surface area contributed by atoms with E-state index in [1.54, 1.807) is 0 Å². The van der Waals surface area contributed by atoms with Crippen molar-refractivity contribution < 1.29 is 29.0 Å². The van der Waals surface area contributed by atoms with E-state index >= 15 is 0 Å². The lowest BCUT2D eigenvalue weighted by atomic mass is 9.45. The van der Waals surface area contributed by atoms with Crippen molar-refractivity contribution in [2.45, 2.75) is 105 Å². The maximum Gasteiger partial charge on any atom is 0.308 e. The van der Waals surface area contributed by atoms with E-state index in [0.29, 0.717) is 37.0 Å². The Balaban J connectivity index is 1.58. The summed E-state index contributed by atoms with van der Waals surface area (Å²) in [5, 5.41) is 11.2. The molecular formula is C30H46O6. The first-order chi connectivity index (χ1) is 16.9. The van der Waals surface area contributed by atoms with Gasteiger partial charge in [0.2, 0.25) is 0 Å². The van der Waals surface area contributed by atoms with Gasteiger partial charge in [-0.15, -0.1) is 0 Å². The summed E-state index contributed by atoms with van der Waals surface area (Å²) < 4.78 is 11.0. The maximum atomic E-state index is 12.3. The minimum absolute atomic E-state index is 0.0162. The number of hydrogen-bond donors (Lipinski definition) is 1. The predicted octanol–water partition coefficient (Wildman–Crippen LogP) is 5.26. The molecule has 36 heavy (non-hydrogen) atoms. The van der Waals surface area contributed by atoms with Gasteiger partial charge >= 0.3 is 11.9 Å². The summed E-state index contributed by atoms with van der Waals surface area (Å²) in [4.78, 5) is 36.3. The maximum absolute atomic E-state index is 12.3. The molecule has 0 aliphatic heterocycles. The highest BCUT2D eigenvalue weighted by Gasteiger charge is 2.63. The Morgan fingerprint density at radius 2 is 1.86 bits per heavy atom. The lowest BCUT2D eigenvalue weighted by Gasteiger charge is -2.60. The molecule has 10 atom stereocenters. The Hall–Kier alpha value is -1.69. The van der Waals surface area contributed by atoms with Gasteiger partial charge < -0.3 is 14.6 Å². The van der Waals surface area contributed by atoms with Crippen LogP contribution in [0.2, 0.25) is 0 Å². The van der Waals surface area contributed by atoms with Gasteiger partial charge in [-0.3, -0.25) is 14.4 Å². The number of carbonyl (C=O) groups is 3. The van der Waals surface area contributed by atoms with Gasteiger partial charge in [0.1, 0.15) is 6.10 Å². The highest BCUT2D eigenvalue weighted by atomic mass is 16.5. The van der Waals surface area contributed by atoms with Gasteiger partial charge in [-0.1, -0.05) is 33.3 Å². The summed E-state index contributed by atoms with van der Waals surface area (Å²) in [5.41, 5.74) is 1.15. The number of allylic oxidation sites excluding steroid dienone is 1. The third kappa shape index (κ3) is 4.68. The van der Waals surface area contributed by atoms with Gasteiger partial charge in [0.15, 0.2) is 5.78 Å². The molecule has 4 aliphatic rings. The van der Waals surface area contributed by atoms with E-state index in [9.17, 15) is 19.5 Å². The quantitative estimate of drug-likeness (QED) is 0.478. The van der Waals surface area contributed by atoms with Crippen molar-refractivity contribution in [2.75, 3.05) is 7.11 Å². The van der Waals surface area contributed by atoms with Crippen LogP contribution in [0, 0.1) is 46.3 Å². The van der Waals surface area contributed by atoms with Gasteiger partial charge in [-0.25, -0.2) is 0 Å². The van der Waals surface area contributed by atoms with E-state index in [-0.39, 0.29) is 52.4 Å². The van der Waals surface area contributed by atoms with Crippen LogP contribution in [0.5, 0.6) is 0 Å². The summed E-state index contributed by atoms with van der Waals surface area (Å²) in [6, 6.07) is 0. The summed E-state index contributed by atoms with van der Waals surface area (Å²) in [5.74, 6) is 1.21. The summed E-state index contributed by atoms with van der Waals surface area (Å²) in [6.07, 6.45) is 8.87. The molecule has 10 unspecified atom stereocenters. The Morgan fingerprint density at radius 1 is 1.14 bits per heavy atom. The van der Waals surface area contributed by atoms with E-state index in [4.69, 9.17) is 9.47 Å². The number of aliphatic hydroxyl groups excluding tert-OH is 1. The second-order valence-corrected chi connectivity index (χ2v) is 12.9. The topological polar surface area (TPSA) is 89.9 Å². The van der Waals surface area contributed by atoms with Crippen molar-refractivity contribution in [1.82, 2.24) is 0 Å². The van der Waals surface area contributed by atoms with Crippen LogP contribution in [0.3, 0.4) is 0 Å². The van der Waals surface area contributed by atoms with Crippen molar-refractivity contribution in [3.63, 3.8) is 0 Å². The van der Waals surface area contributed by atoms with Crippen molar-refractivity contribution >= 4 is 17.7 Å². The molecule has 0 aromatic rings. The predicted molar refractivity (Wildman–Crippen MR) is 137 cm³/mol. The number of rotatable bonds is 7. The zero-order valence-electron chi connectivity index (χ0n) is 23.0. The van der Waals surface area contributed by atoms with Crippen molar-refractivity contribution in [3.8, 4) is 0 Å². The molecule has 6 nitrogen and oxygen atoms in total. The molecule has 4 aliphatic carbocycles. The zero-order chi connectivity index (χ0) is 26.4. The molecule has 0 spiro atoms. The number of esters is 2. The van der Waals surface area contributed by atoms with Crippen LogP contribution < -0.4 is 0 Å². The monoisotopic (exact) mass is 502 g/mol. The Bertz CT molecular complexity index is 909. The van der Waals surface area contributed by atoms with Crippen LogP contribution >= 0.6 is 0 Å². The van der Waals surface area contributed by atoms with E-state index in [1.807, 2.05) is 13.0 Å². The zero-order valence-corrected chi connectivity index (χ0v) is 23.0. The van der Waals surface area contributed by atoms with Gasteiger partial charge in [-0.05, 0) is 91.9 Å². The highest BCUT2D eigenvalue weighted by Crippen LogP contribution is 2.68. The Kier molecular flexibility index (Phi) is 7.77. The molecule has 3 fully saturated rings. The average molecular weight is 503 g/mol. The van der Waals surface area contributed by atoms with Crippen LogP contribution in [0.25, 0.3) is 0 Å². The standard InChI is InChI=1S/C30H46O6/c1-17(28(34)35-6)7-12-25(33)18(2)23-10-11-24-22-9-8-20-15-21(32)13-14-29(20,4)27(22)26(36-19(3)31)16-30(23,24)5/h15,17-18,22-27,33H,7-14,16H2,1-6H3. The SMILES string of the molecule is COC(=O)C(C)CCC(O)C(C)C1CCC2C3CCC4=CC(=O)CCC4(C)C3C(OC(C)=O)CC12C. The summed E-state index contributed by atoms with van der Waals surface area (Å²) >= 11 is 0. The van der Waals surface area contributed by atoms with E-state index in [2.05, 4.69) is 20.8 Å². The third-order valence-corrected chi connectivity index (χ3v) is 11.0. The molecule has 0 radical (unpaired) electrons. The average Bonchev–Trinajstić information content (AvgIpc) is 3.17. The largest absolute Gasteiger partial charge is 0.469 e. The first-order valence-corrected chi connectivity index (χ1v) is 14.1. The first kappa shape index (κ1) is 27.3. The molecule has 3 saturated carbocycles. The summed E-state index contributed by atoms with van der Waals surface area (Å²) in [6.45, 7) is 10.2. The van der Waals surface area contributed by atoms with Crippen LogP contribution in [-0.4, -0.2) is 42.1 Å². The number of ketones is 1. The molecule has 4 rings (SSSR count). The number of carbonyl (C=O) groups excluding carboxylic acids is 3. The fourth-order valence-electron chi connectivity index (χ4n) is 9.15. The van der Waals surface area contributed by atoms with Crippen molar-refractivity contribution in [1.29, 1.82) is 0 Å². The fourth-order valence-corrected chi connectivity index (χ4v) is 9.15. The molecule has 0 amide bonds. The Morgan fingerprint density at radius 3 is 2.53 bits per heavy atom. The molecule has 1 N–H and O–H groups in total. The molecule has 0 aromatic heterocycles. The van der Waals surface area contributed by atoms with E-state index in [1.165, 1.54) is 19.6 Å². The number of hydrogen-bond acceptors (Lipinski definition) is 6. The minimum Gasteiger partial charge on any atom is -0.469 e. The normalized spacial score (nSPS) is 40.1. The molecule has 0 saturated heterocycles. The van der Waals surface area contributed by atoms with E-state index in [0.717, 1.165) is 38.5 Å². The second-order valence-electron chi connectivity index (χ2n) is 12.9. The molecule has 0 aromatic carbocycles. The summed E-state index contributed by atoms with van der Waals surface area (Å²) in [7, 11) is 1.41. The van der Waals surface area contributed by atoms with Crippen LogP contribution in [0.4, 0.5) is 0 Å². The molecule has 6 heteroatoms. The first-order valence-electron chi connectivity index (χ1n) is 14.1. The number of ether oxygens (including phenoxy) is 2. The molecule has 0 heterocycles. The van der Waals surface area contributed by atoms with Crippen LogP contribution in [0.1, 0.15) is 92.4 Å². The smallest absolute Gasteiger partial charge is 0.308 e. The molecule has 202 valence electrons. The van der Waals surface area contributed by atoms with Crippen LogP contribution in [-0.2, 0) is 23.9 Å². The van der Waals surface area contributed by atoms with Crippen LogP contribution in [0.15, 0.2) is 11.6 Å². The number of methoxy groups -OCH3 is 1. The molecular weight excluding hydrogens is 456 g/mol. The lowest BCUT2D eigenvalue weighted by Crippen LogP contribution is -2.58. The third-order valence-electron chi connectivity index (χ3n) is 11.0. The highest BCUT2D eigenvalue weighted by molar-refractivity contribution is 5.91. The van der Waals surface area contributed by atoms with Gasteiger partial charge in [-0.2, -0.15) is 0 Å². The fraction of sp³-hybridized carbons (Fsp3) is 0.833. The molecule has 0 bridgehead atoms. The lowest BCUT2D eigenvalue weighted by molar-refractivity contribution is -0.178. The van der Waals surface area contributed by atoms with Gasteiger partial charge in [0.25, 0.3) is 0 Å². The van der Waals surface area contributed by atoms with Crippen molar-refractivity contribution in [2.24, 2.45) is 46.3 Å².